The second kappa shape index (κ2) is 7.59. The number of hydrogen-bond acceptors (Lipinski definition) is 6. The molecule has 3 amide bonds. The van der Waals surface area contributed by atoms with E-state index in [-0.39, 0.29) is 0 Å². The topological polar surface area (TPSA) is 89.5 Å². The van der Waals surface area contributed by atoms with Gasteiger partial charge in [0.15, 0.2) is 11.5 Å². The molecule has 0 bridgehead atoms. The predicted molar refractivity (Wildman–Crippen MR) is 103 cm³/mol. The van der Waals surface area contributed by atoms with E-state index in [0.29, 0.717) is 28.4 Å². The summed E-state index contributed by atoms with van der Waals surface area (Å²) in [4.78, 5) is 25.2. The lowest BCUT2D eigenvalue weighted by Crippen LogP contribution is -2.40. The Balaban J connectivity index is 1.91. The molecule has 0 unspecified atom stereocenters. The highest BCUT2D eigenvalue weighted by molar-refractivity contribution is 6.07. The van der Waals surface area contributed by atoms with E-state index in [2.05, 4.69) is 10.4 Å². The SMILES string of the molecule is COc1cc(/C=N\N2C(=O)N[C@@](C)(c3ccccc3)C2=O)cc(OC)c1OC. The number of hydrazone groups is 1. The molecule has 8 heteroatoms. The number of ether oxygens (including phenoxy) is 3. The van der Waals surface area contributed by atoms with Crippen molar-refractivity contribution in [1.29, 1.82) is 0 Å². The van der Waals surface area contributed by atoms with Gasteiger partial charge in [0.05, 0.1) is 27.5 Å². The van der Waals surface area contributed by atoms with Crippen LogP contribution in [0.25, 0.3) is 0 Å². The second-order valence-corrected chi connectivity index (χ2v) is 6.24. The predicted octanol–water partition coefficient (Wildman–Crippen LogP) is 2.51. The summed E-state index contributed by atoms with van der Waals surface area (Å²) in [7, 11) is 4.51. The van der Waals surface area contributed by atoms with Gasteiger partial charge in [0.1, 0.15) is 5.54 Å². The molecule has 0 radical (unpaired) electrons. The first-order valence-electron chi connectivity index (χ1n) is 8.50. The Morgan fingerprint density at radius 1 is 1.00 bits per heavy atom. The Morgan fingerprint density at radius 2 is 1.61 bits per heavy atom. The molecule has 1 saturated heterocycles. The van der Waals surface area contributed by atoms with Gasteiger partial charge in [0.25, 0.3) is 5.91 Å². The molecule has 1 aliphatic rings. The summed E-state index contributed by atoms with van der Waals surface area (Å²) in [6.07, 6.45) is 1.39. The number of carbonyl (C=O) groups is 2. The Kier molecular flexibility index (Phi) is 5.21. The fourth-order valence-corrected chi connectivity index (χ4v) is 3.00. The van der Waals surface area contributed by atoms with Gasteiger partial charge in [-0.3, -0.25) is 4.79 Å². The largest absolute Gasteiger partial charge is 0.493 e. The Hall–Kier alpha value is -3.55. The number of nitrogens with one attached hydrogen (secondary N) is 1. The third-order valence-corrected chi connectivity index (χ3v) is 4.53. The minimum absolute atomic E-state index is 0.439. The van der Waals surface area contributed by atoms with Crippen molar-refractivity contribution in [2.75, 3.05) is 21.3 Å². The van der Waals surface area contributed by atoms with Crippen molar-refractivity contribution < 1.29 is 23.8 Å². The standard InChI is InChI=1S/C20H21N3O5/c1-20(14-8-6-5-7-9-14)18(24)23(19(25)22-20)21-12-13-10-15(26-2)17(28-4)16(11-13)27-3/h5-12H,1-4H3,(H,22,25)/b21-12-/t20-/m0/s1. The summed E-state index contributed by atoms with van der Waals surface area (Å²) < 4.78 is 15.9. The van der Waals surface area contributed by atoms with Crippen LogP contribution >= 0.6 is 0 Å². The molecule has 1 atom stereocenters. The van der Waals surface area contributed by atoms with Gasteiger partial charge in [-0.1, -0.05) is 30.3 Å². The van der Waals surface area contributed by atoms with Crippen LogP contribution in [0.2, 0.25) is 0 Å². The molecule has 0 spiro atoms. The summed E-state index contributed by atoms with van der Waals surface area (Å²) in [5.41, 5.74) is 0.0765. The van der Waals surface area contributed by atoms with Gasteiger partial charge in [-0.25, -0.2) is 4.79 Å². The minimum atomic E-state index is -1.18. The molecular weight excluding hydrogens is 362 g/mol. The summed E-state index contributed by atoms with van der Waals surface area (Å²) in [6, 6.07) is 11.8. The van der Waals surface area contributed by atoms with Crippen molar-refractivity contribution in [2.24, 2.45) is 5.10 Å². The van der Waals surface area contributed by atoms with Gasteiger partial charge in [0, 0.05) is 5.56 Å². The van der Waals surface area contributed by atoms with Crippen LogP contribution in [-0.2, 0) is 10.3 Å². The molecule has 1 N–H and O–H groups in total. The van der Waals surface area contributed by atoms with Crippen LogP contribution in [0.1, 0.15) is 18.1 Å². The fraction of sp³-hybridized carbons (Fsp3) is 0.250. The van der Waals surface area contributed by atoms with Gasteiger partial charge < -0.3 is 19.5 Å². The number of imide groups is 1. The molecule has 3 rings (SSSR count). The maximum Gasteiger partial charge on any atom is 0.346 e. The van der Waals surface area contributed by atoms with Gasteiger partial charge in [0.2, 0.25) is 5.75 Å². The van der Waals surface area contributed by atoms with E-state index in [1.165, 1.54) is 27.5 Å². The minimum Gasteiger partial charge on any atom is -0.493 e. The average molecular weight is 383 g/mol. The van der Waals surface area contributed by atoms with Crippen LogP contribution < -0.4 is 19.5 Å². The number of carbonyl (C=O) groups excluding carboxylic acids is 2. The zero-order chi connectivity index (χ0) is 20.3. The maximum atomic E-state index is 12.9. The van der Waals surface area contributed by atoms with E-state index in [9.17, 15) is 9.59 Å². The van der Waals surface area contributed by atoms with E-state index in [1.54, 1.807) is 31.2 Å². The Morgan fingerprint density at radius 3 is 2.14 bits per heavy atom. The van der Waals surface area contributed by atoms with Crippen molar-refractivity contribution in [3.05, 3.63) is 53.6 Å². The number of hydrogen-bond donors (Lipinski definition) is 1. The van der Waals surface area contributed by atoms with Gasteiger partial charge in [-0.05, 0) is 24.6 Å². The average Bonchev–Trinajstić information content (AvgIpc) is 2.95. The molecule has 2 aromatic carbocycles. The molecule has 146 valence electrons. The molecule has 8 nitrogen and oxygen atoms in total. The van der Waals surface area contributed by atoms with E-state index in [1.807, 2.05) is 18.2 Å². The van der Waals surface area contributed by atoms with Gasteiger partial charge in [-0.15, -0.1) is 5.01 Å². The second-order valence-electron chi connectivity index (χ2n) is 6.24. The highest BCUT2D eigenvalue weighted by Crippen LogP contribution is 2.38. The van der Waals surface area contributed by atoms with Crippen LogP contribution in [0.15, 0.2) is 47.6 Å². The van der Waals surface area contributed by atoms with Crippen LogP contribution in [-0.4, -0.2) is 44.5 Å². The van der Waals surface area contributed by atoms with Crippen LogP contribution in [0, 0.1) is 0 Å². The lowest BCUT2D eigenvalue weighted by Gasteiger charge is -2.20. The van der Waals surface area contributed by atoms with E-state index in [0.717, 1.165) is 5.01 Å². The first-order chi connectivity index (χ1) is 13.4. The van der Waals surface area contributed by atoms with Gasteiger partial charge in [-0.2, -0.15) is 5.10 Å². The molecule has 1 fully saturated rings. The third kappa shape index (κ3) is 3.24. The summed E-state index contributed by atoms with van der Waals surface area (Å²) in [6.45, 7) is 1.65. The maximum absolute atomic E-state index is 12.9. The van der Waals surface area contributed by atoms with Crippen molar-refractivity contribution in [1.82, 2.24) is 10.3 Å². The number of benzene rings is 2. The van der Waals surface area contributed by atoms with Crippen molar-refractivity contribution >= 4 is 18.2 Å². The monoisotopic (exact) mass is 383 g/mol. The smallest absolute Gasteiger partial charge is 0.346 e. The van der Waals surface area contributed by atoms with Gasteiger partial charge >= 0.3 is 6.03 Å². The zero-order valence-electron chi connectivity index (χ0n) is 16.1. The van der Waals surface area contributed by atoms with E-state index < -0.39 is 17.5 Å². The van der Waals surface area contributed by atoms with Crippen LogP contribution in [0.3, 0.4) is 0 Å². The first-order valence-corrected chi connectivity index (χ1v) is 8.50. The first kappa shape index (κ1) is 19.2. The Labute approximate surface area is 162 Å². The molecule has 1 heterocycles. The quantitative estimate of drug-likeness (QED) is 0.612. The van der Waals surface area contributed by atoms with Crippen LogP contribution in [0.5, 0.6) is 17.2 Å². The lowest BCUT2D eigenvalue weighted by molar-refractivity contribution is -0.131. The molecular formula is C20H21N3O5. The zero-order valence-corrected chi connectivity index (χ0v) is 16.1. The third-order valence-electron chi connectivity index (χ3n) is 4.53. The van der Waals surface area contributed by atoms with Crippen molar-refractivity contribution in [2.45, 2.75) is 12.5 Å². The molecule has 0 aliphatic carbocycles. The number of urea groups is 1. The summed E-state index contributed by atoms with van der Waals surface area (Å²) in [5, 5.41) is 7.59. The molecule has 0 aromatic heterocycles. The highest BCUT2D eigenvalue weighted by Gasteiger charge is 2.49. The molecule has 28 heavy (non-hydrogen) atoms. The van der Waals surface area contributed by atoms with E-state index in [4.69, 9.17) is 14.2 Å². The molecule has 1 aliphatic heterocycles. The number of rotatable bonds is 6. The lowest BCUT2D eigenvalue weighted by atomic mass is 9.92. The normalized spacial score (nSPS) is 19.1. The summed E-state index contributed by atoms with van der Waals surface area (Å²) in [5.74, 6) is 0.852. The van der Waals surface area contributed by atoms with Crippen molar-refractivity contribution in [3.63, 3.8) is 0 Å². The number of amides is 3. The number of methoxy groups -OCH3 is 3. The molecule has 2 aromatic rings. The van der Waals surface area contributed by atoms with Crippen molar-refractivity contribution in [3.8, 4) is 17.2 Å². The highest BCUT2D eigenvalue weighted by atomic mass is 16.5. The number of nitrogens with zero attached hydrogens (tertiary/aromatic N) is 2. The fourth-order valence-electron chi connectivity index (χ4n) is 3.00. The Bertz CT molecular complexity index is 904. The summed E-state index contributed by atoms with van der Waals surface area (Å²) >= 11 is 0. The molecule has 0 saturated carbocycles. The van der Waals surface area contributed by atoms with Crippen LogP contribution in [0.4, 0.5) is 4.79 Å². The van der Waals surface area contributed by atoms with E-state index >= 15 is 0 Å².